The smallest absolute Gasteiger partial charge is 0.315 e. The fourth-order valence-corrected chi connectivity index (χ4v) is 2.15. The average Bonchev–Trinajstić information content (AvgIpc) is 2.34. The zero-order valence-electron chi connectivity index (χ0n) is 12.4. The second kappa shape index (κ2) is 10.6. The molecule has 0 saturated heterocycles. The van der Waals surface area contributed by atoms with Crippen molar-refractivity contribution in [3.8, 4) is 0 Å². The standard InChI is InChI=1S/C14H28N2O3/c1-4-12(5-2)11(3)16-14(19)15-10-8-6-7-9-13(17)18/h11-12H,4-10H2,1-3H3,(H,17,18)(H2,15,16,19). The first kappa shape index (κ1) is 17.7. The average molecular weight is 272 g/mol. The van der Waals surface area contributed by atoms with Gasteiger partial charge in [-0.2, -0.15) is 0 Å². The summed E-state index contributed by atoms with van der Waals surface area (Å²) < 4.78 is 0. The van der Waals surface area contributed by atoms with Crippen molar-refractivity contribution in [1.82, 2.24) is 10.6 Å². The monoisotopic (exact) mass is 272 g/mol. The molecule has 0 aliphatic heterocycles. The molecule has 5 nitrogen and oxygen atoms in total. The van der Waals surface area contributed by atoms with Gasteiger partial charge in [-0.1, -0.05) is 33.1 Å². The van der Waals surface area contributed by atoms with Gasteiger partial charge in [0.25, 0.3) is 0 Å². The molecular formula is C14H28N2O3. The molecule has 0 spiro atoms. The van der Waals surface area contributed by atoms with E-state index in [4.69, 9.17) is 5.11 Å². The molecule has 0 aromatic rings. The van der Waals surface area contributed by atoms with Crippen LogP contribution in [0.2, 0.25) is 0 Å². The van der Waals surface area contributed by atoms with Gasteiger partial charge in [0.1, 0.15) is 0 Å². The van der Waals surface area contributed by atoms with E-state index in [9.17, 15) is 9.59 Å². The van der Waals surface area contributed by atoms with Crippen molar-refractivity contribution in [2.75, 3.05) is 6.54 Å². The number of urea groups is 1. The number of carboxylic acid groups (broad SMARTS) is 1. The molecule has 19 heavy (non-hydrogen) atoms. The summed E-state index contributed by atoms with van der Waals surface area (Å²) in [6.45, 7) is 6.89. The molecule has 1 unspecified atom stereocenters. The number of rotatable bonds is 10. The largest absolute Gasteiger partial charge is 0.481 e. The predicted molar refractivity (Wildman–Crippen MR) is 76.2 cm³/mol. The van der Waals surface area contributed by atoms with Gasteiger partial charge in [-0.05, 0) is 25.7 Å². The third kappa shape index (κ3) is 9.33. The number of carbonyl (C=O) groups is 2. The number of carboxylic acids is 1. The Morgan fingerprint density at radius 3 is 2.26 bits per heavy atom. The molecule has 0 fully saturated rings. The van der Waals surface area contributed by atoms with Crippen LogP contribution in [0.3, 0.4) is 0 Å². The maximum atomic E-state index is 11.6. The Bertz CT molecular complexity index is 265. The Labute approximate surface area is 116 Å². The molecule has 0 saturated carbocycles. The zero-order chi connectivity index (χ0) is 14.7. The Kier molecular flexibility index (Phi) is 9.94. The third-order valence-corrected chi connectivity index (χ3v) is 3.47. The van der Waals surface area contributed by atoms with Crippen LogP contribution in [-0.2, 0) is 4.79 Å². The number of nitrogens with one attached hydrogen (secondary N) is 2. The van der Waals surface area contributed by atoms with Gasteiger partial charge in [0.2, 0.25) is 0 Å². The van der Waals surface area contributed by atoms with E-state index in [-0.39, 0.29) is 18.5 Å². The van der Waals surface area contributed by atoms with Crippen LogP contribution in [0, 0.1) is 5.92 Å². The van der Waals surface area contributed by atoms with Gasteiger partial charge in [0, 0.05) is 19.0 Å². The number of unbranched alkanes of at least 4 members (excludes halogenated alkanes) is 2. The van der Waals surface area contributed by atoms with E-state index in [2.05, 4.69) is 24.5 Å². The van der Waals surface area contributed by atoms with Crippen LogP contribution in [0.4, 0.5) is 4.79 Å². The lowest BCUT2D eigenvalue weighted by molar-refractivity contribution is -0.137. The van der Waals surface area contributed by atoms with Crippen molar-refractivity contribution >= 4 is 12.0 Å². The van der Waals surface area contributed by atoms with Gasteiger partial charge in [-0.3, -0.25) is 4.79 Å². The summed E-state index contributed by atoms with van der Waals surface area (Å²) in [5, 5.41) is 14.2. The molecule has 0 radical (unpaired) electrons. The van der Waals surface area contributed by atoms with Gasteiger partial charge in [-0.25, -0.2) is 4.79 Å². The van der Waals surface area contributed by atoms with Gasteiger partial charge >= 0.3 is 12.0 Å². The number of hydrogen-bond donors (Lipinski definition) is 3. The Morgan fingerprint density at radius 2 is 1.74 bits per heavy atom. The molecule has 0 aliphatic carbocycles. The van der Waals surface area contributed by atoms with Crippen molar-refractivity contribution in [2.45, 2.75) is 65.3 Å². The van der Waals surface area contributed by atoms with Crippen LogP contribution in [-0.4, -0.2) is 29.7 Å². The lowest BCUT2D eigenvalue weighted by Gasteiger charge is -2.22. The molecule has 1 atom stereocenters. The SMILES string of the molecule is CCC(CC)C(C)NC(=O)NCCCCCC(=O)O. The molecule has 0 rings (SSSR count). The summed E-state index contributed by atoms with van der Waals surface area (Å²) >= 11 is 0. The van der Waals surface area contributed by atoms with E-state index >= 15 is 0 Å². The number of amides is 2. The summed E-state index contributed by atoms with van der Waals surface area (Å²) in [6.07, 6.45) is 4.65. The first-order valence-electron chi connectivity index (χ1n) is 7.27. The lowest BCUT2D eigenvalue weighted by Crippen LogP contribution is -2.44. The fraction of sp³-hybridized carbons (Fsp3) is 0.857. The van der Waals surface area contributed by atoms with E-state index < -0.39 is 5.97 Å². The number of aliphatic carboxylic acids is 1. The van der Waals surface area contributed by atoms with Crippen LogP contribution < -0.4 is 10.6 Å². The molecule has 0 aliphatic rings. The molecule has 0 bridgehead atoms. The third-order valence-electron chi connectivity index (χ3n) is 3.47. The highest BCUT2D eigenvalue weighted by Crippen LogP contribution is 2.12. The Morgan fingerprint density at radius 1 is 1.11 bits per heavy atom. The van der Waals surface area contributed by atoms with Crippen molar-refractivity contribution in [1.29, 1.82) is 0 Å². The second-order valence-electron chi connectivity index (χ2n) is 4.97. The van der Waals surface area contributed by atoms with Gasteiger partial charge < -0.3 is 15.7 Å². The highest BCUT2D eigenvalue weighted by Gasteiger charge is 2.15. The molecule has 112 valence electrons. The molecular weight excluding hydrogens is 244 g/mol. The van der Waals surface area contributed by atoms with Crippen LogP contribution >= 0.6 is 0 Å². The number of carbonyl (C=O) groups excluding carboxylic acids is 1. The highest BCUT2D eigenvalue weighted by molar-refractivity contribution is 5.74. The second-order valence-corrected chi connectivity index (χ2v) is 4.97. The van der Waals surface area contributed by atoms with Crippen molar-refractivity contribution in [2.24, 2.45) is 5.92 Å². The maximum Gasteiger partial charge on any atom is 0.315 e. The predicted octanol–water partition coefficient (Wildman–Crippen LogP) is 2.76. The minimum atomic E-state index is -0.760. The molecule has 2 amide bonds. The quantitative estimate of drug-likeness (QED) is 0.535. The van der Waals surface area contributed by atoms with Gasteiger partial charge in [0.15, 0.2) is 0 Å². The van der Waals surface area contributed by atoms with Crippen LogP contribution in [0.1, 0.15) is 59.3 Å². The minimum absolute atomic E-state index is 0.127. The fourth-order valence-electron chi connectivity index (χ4n) is 2.15. The summed E-state index contributed by atoms with van der Waals surface area (Å²) in [4.78, 5) is 21.9. The van der Waals surface area contributed by atoms with Crippen molar-refractivity contribution in [3.05, 3.63) is 0 Å². The zero-order valence-corrected chi connectivity index (χ0v) is 12.4. The summed E-state index contributed by atoms with van der Waals surface area (Å²) in [5.74, 6) is -0.244. The van der Waals surface area contributed by atoms with Crippen molar-refractivity contribution < 1.29 is 14.7 Å². The van der Waals surface area contributed by atoms with E-state index in [1.54, 1.807) is 0 Å². The molecule has 0 aromatic heterocycles. The lowest BCUT2D eigenvalue weighted by atomic mass is 9.96. The molecule has 3 N–H and O–H groups in total. The summed E-state index contributed by atoms with van der Waals surface area (Å²) in [5.41, 5.74) is 0. The first-order chi connectivity index (χ1) is 9.01. The Balaban J connectivity index is 3.61. The van der Waals surface area contributed by atoms with Crippen LogP contribution in [0.25, 0.3) is 0 Å². The number of hydrogen-bond acceptors (Lipinski definition) is 2. The van der Waals surface area contributed by atoms with E-state index in [0.29, 0.717) is 18.9 Å². The molecule has 5 heteroatoms. The van der Waals surface area contributed by atoms with E-state index in [1.807, 2.05) is 6.92 Å². The van der Waals surface area contributed by atoms with Gasteiger partial charge in [0.05, 0.1) is 0 Å². The summed E-state index contributed by atoms with van der Waals surface area (Å²) in [6, 6.07) is 0.0552. The van der Waals surface area contributed by atoms with Gasteiger partial charge in [-0.15, -0.1) is 0 Å². The normalized spacial score (nSPS) is 12.2. The van der Waals surface area contributed by atoms with Crippen LogP contribution in [0.15, 0.2) is 0 Å². The van der Waals surface area contributed by atoms with E-state index in [1.165, 1.54) is 0 Å². The van der Waals surface area contributed by atoms with Crippen LogP contribution in [0.5, 0.6) is 0 Å². The molecule has 0 aromatic carbocycles. The Hall–Kier alpha value is -1.26. The van der Waals surface area contributed by atoms with Crippen molar-refractivity contribution in [3.63, 3.8) is 0 Å². The van der Waals surface area contributed by atoms with E-state index in [0.717, 1.165) is 25.7 Å². The highest BCUT2D eigenvalue weighted by atomic mass is 16.4. The topological polar surface area (TPSA) is 78.4 Å². The maximum absolute atomic E-state index is 11.6. The minimum Gasteiger partial charge on any atom is -0.481 e. The summed E-state index contributed by atoms with van der Waals surface area (Å²) in [7, 11) is 0. The molecule has 0 heterocycles. The first-order valence-corrected chi connectivity index (χ1v) is 7.27.